The number of hydrogen-bond acceptors (Lipinski definition) is 4. The molecule has 0 aromatic carbocycles. The molecule has 0 aliphatic heterocycles. The molecule has 2 heterocycles. The van der Waals surface area contributed by atoms with Crippen molar-refractivity contribution in [1.82, 2.24) is 15.3 Å². The number of carbonyl (C=O) groups is 1. The van der Waals surface area contributed by atoms with Gasteiger partial charge in [-0.2, -0.15) is 0 Å². The Balaban J connectivity index is 1.80. The number of carbonyl (C=O) groups excluding carboxylic acids is 1. The second kappa shape index (κ2) is 5.50. The fourth-order valence-corrected chi connectivity index (χ4v) is 3.04. The molecule has 0 spiro atoms. The first kappa shape index (κ1) is 13.5. The molecule has 1 aliphatic carbocycles. The van der Waals surface area contributed by atoms with E-state index in [0.29, 0.717) is 21.0 Å². The Morgan fingerprint density at radius 3 is 2.85 bits per heavy atom. The van der Waals surface area contributed by atoms with Crippen LogP contribution < -0.4 is 5.32 Å². The molecule has 6 heteroatoms. The Hall–Kier alpha value is -1.46. The third kappa shape index (κ3) is 2.99. The first-order valence-electron chi connectivity index (χ1n) is 6.49. The summed E-state index contributed by atoms with van der Waals surface area (Å²) in [6.45, 7) is 1.93. The van der Waals surface area contributed by atoms with E-state index in [1.165, 1.54) is 11.3 Å². The van der Waals surface area contributed by atoms with Gasteiger partial charge in [-0.25, -0.2) is 9.97 Å². The number of nitrogens with one attached hydrogen (secondary N) is 1. The first-order valence-corrected chi connectivity index (χ1v) is 7.68. The zero-order valence-corrected chi connectivity index (χ0v) is 12.5. The fraction of sp³-hybridized carbons (Fsp3) is 0.357. The normalized spacial score (nSPS) is 15.9. The largest absolute Gasteiger partial charge is 0.341 e. The smallest absolute Gasteiger partial charge is 0.262 e. The number of aryl methyl sites for hydroxylation is 1. The van der Waals surface area contributed by atoms with Crippen molar-refractivity contribution in [1.29, 1.82) is 0 Å². The molecule has 3 rings (SSSR count). The van der Waals surface area contributed by atoms with Gasteiger partial charge in [0.2, 0.25) is 0 Å². The van der Waals surface area contributed by atoms with E-state index in [0.717, 1.165) is 18.5 Å². The summed E-state index contributed by atoms with van der Waals surface area (Å²) in [5, 5.41) is 3.04. The monoisotopic (exact) mass is 307 g/mol. The van der Waals surface area contributed by atoms with Crippen LogP contribution in [-0.2, 0) is 0 Å². The lowest BCUT2D eigenvalue weighted by Gasteiger charge is -2.16. The van der Waals surface area contributed by atoms with E-state index in [4.69, 9.17) is 11.6 Å². The summed E-state index contributed by atoms with van der Waals surface area (Å²) < 4.78 is 0.616. The fourth-order valence-electron chi connectivity index (χ4n) is 2.09. The molecule has 2 aromatic rings. The summed E-state index contributed by atoms with van der Waals surface area (Å²) in [5.74, 6) is 1.03. The van der Waals surface area contributed by atoms with E-state index < -0.39 is 0 Å². The van der Waals surface area contributed by atoms with Crippen LogP contribution in [0, 0.1) is 12.8 Å². The lowest BCUT2D eigenvalue weighted by atomic mass is 10.1. The van der Waals surface area contributed by atoms with Crippen molar-refractivity contribution in [2.24, 2.45) is 5.92 Å². The van der Waals surface area contributed by atoms with Crippen LogP contribution in [0.25, 0.3) is 0 Å². The first-order chi connectivity index (χ1) is 9.63. The van der Waals surface area contributed by atoms with Crippen molar-refractivity contribution in [2.75, 3.05) is 0 Å². The molecule has 2 aromatic heterocycles. The average Bonchev–Trinajstić information content (AvgIpc) is 3.17. The van der Waals surface area contributed by atoms with E-state index in [2.05, 4.69) is 15.3 Å². The molecule has 1 atom stereocenters. The molecule has 1 amide bonds. The molecular weight excluding hydrogens is 294 g/mol. The summed E-state index contributed by atoms with van der Waals surface area (Å²) in [6.07, 6.45) is 3.95. The Kier molecular flexibility index (Phi) is 3.72. The zero-order valence-electron chi connectivity index (χ0n) is 11.0. The van der Waals surface area contributed by atoms with Gasteiger partial charge >= 0.3 is 0 Å². The van der Waals surface area contributed by atoms with Crippen molar-refractivity contribution in [3.63, 3.8) is 0 Å². The van der Waals surface area contributed by atoms with Crippen LogP contribution in [0.1, 0.15) is 40.1 Å². The molecular formula is C14H14ClN3OS. The standard InChI is InChI=1S/C14H14ClN3OS/c1-8-6-7-16-13(17-8)12(9-2-3-9)18-14(19)10-4-5-11(15)20-10/h4-7,9,12H,2-3H2,1H3,(H,18,19). The van der Waals surface area contributed by atoms with Crippen molar-refractivity contribution in [2.45, 2.75) is 25.8 Å². The predicted molar refractivity (Wildman–Crippen MR) is 79.0 cm³/mol. The predicted octanol–water partition coefficient (Wildman–Crippen LogP) is 3.38. The number of hydrogen-bond donors (Lipinski definition) is 1. The third-order valence-corrected chi connectivity index (χ3v) is 4.50. The second-order valence-electron chi connectivity index (χ2n) is 4.95. The summed E-state index contributed by atoms with van der Waals surface area (Å²) >= 11 is 7.15. The highest BCUT2D eigenvalue weighted by atomic mass is 35.5. The maximum Gasteiger partial charge on any atom is 0.262 e. The summed E-state index contributed by atoms with van der Waals surface area (Å²) in [7, 11) is 0. The maximum absolute atomic E-state index is 12.2. The van der Waals surface area contributed by atoms with Gasteiger partial charge in [0.05, 0.1) is 15.3 Å². The molecule has 1 fully saturated rings. The lowest BCUT2D eigenvalue weighted by molar-refractivity contribution is 0.0933. The molecule has 1 unspecified atom stereocenters. The van der Waals surface area contributed by atoms with Gasteiger partial charge in [-0.05, 0) is 43.9 Å². The van der Waals surface area contributed by atoms with Crippen molar-refractivity contribution >= 4 is 28.8 Å². The number of thiophene rings is 1. The Bertz CT molecular complexity index is 639. The highest BCUT2D eigenvalue weighted by molar-refractivity contribution is 7.17. The molecule has 0 saturated heterocycles. The van der Waals surface area contributed by atoms with E-state index in [1.807, 2.05) is 13.0 Å². The lowest BCUT2D eigenvalue weighted by Crippen LogP contribution is -2.30. The minimum Gasteiger partial charge on any atom is -0.341 e. The SMILES string of the molecule is Cc1ccnc(C(NC(=O)c2ccc(Cl)s2)C2CC2)n1. The molecule has 4 nitrogen and oxygen atoms in total. The highest BCUT2D eigenvalue weighted by Crippen LogP contribution is 2.40. The summed E-state index contributed by atoms with van der Waals surface area (Å²) in [4.78, 5) is 21.6. The van der Waals surface area contributed by atoms with Crippen LogP contribution in [0.5, 0.6) is 0 Å². The quantitative estimate of drug-likeness (QED) is 0.942. The van der Waals surface area contributed by atoms with Crippen molar-refractivity contribution < 1.29 is 4.79 Å². The van der Waals surface area contributed by atoms with Crippen LogP contribution in [0.3, 0.4) is 0 Å². The molecule has 1 saturated carbocycles. The zero-order chi connectivity index (χ0) is 14.1. The van der Waals surface area contributed by atoms with E-state index >= 15 is 0 Å². The van der Waals surface area contributed by atoms with E-state index in [-0.39, 0.29) is 11.9 Å². The van der Waals surface area contributed by atoms with Gasteiger partial charge in [-0.3, -0.25) is 4.79 Å². The topological polar surface area (TPSA) is 54.9 Å². The summed E-state index contributed by atoms with van der Waals surface area (Å²) in [6, 6.07) is 5.22. The number of rotatable bonds is 4. The van der Waals surface area contributed by atoms with E-state index in [9.17, 15) is 4.79 Å². The van der Waals surface area contributed by atoms with Crippen molar-refractivity contribution in [3.05, 3.63) is 45.1 Å². The summed E-state index contributed by atoms with van der Waals surface area (Å²) in [5.41, 5.74) is 0.911. The van der Waals surface area contributed by atoms with E-state index in [1.54, 1.807) is 18.3 Å². The van der Waals surface area contributed by atoms with Crippen LogP contribution in [0.15, 0.2) is 24.4 Å². The van der Waals surface area contributed by atoms with Gasteiger partial charge in [-0.1, -0.05) is 11.6 Å². The second-order valence-corrected chi connectivity index (χ2v) is 6.66. The highest BCUT2D eigenvalue weighted by Gasteiger charge is 2.35. The van der Waals surface area contributed by atoms with Gasteiger partial charge in [0.15, 0.2) is 5.82 Å². The molecule has 1 aliphatic rings. The number of halogens is 1. The minimum absolute atomic E-state index is 0.107. The van der Waals surface area contributed by atoms with Gasteiger partial charge in [0.1, 0.15) is 0 Å². The molecule has 0 bridgehead atoms. The maximum atomic E-state index is 12.2. The van der Waals surface area contributed by atoms with Crippen LogP contribution in [0.4, 0.5) is 0 Å². The Morgan fingerprint density at radius 1 is 1.45 bits per heavy atom. The van der Waals surface area contributed by atoms with Crippen LogP contribution >= 0.6 is 22.9 Å². The Labute approximate surface area is 126 Å². The van der Waals surface area contributed by atoms with Crippen LogP contribution in [-0.4, -0.2) is 15.9 Å². The Morgan fingerprint density at radius 2 is 2.25 bits per heavy atom. The molecule has 20 heavy (non-hydrogen) atoms. The average molecular weight is 308 g/mol. The molecule has 1 N–H and O–H groups in total. The van der Waals surface area contributed by atoms with Crippen LogP contribution in [0.2, 0.25) is 4.34 Å². The molecule has 0 radical (unpaired) electrons. The van der Waals surface area contributed by atoms with Gasteiger partial charge in [0.25, 0.3) is 5.91 Å². The van der Waals surface area contributed by atoms with Gasteiger partial charge in [-0.15, -0.1) is 11.3 Å². The van der Waals surface area contributed by atoms with Gasteiger partial charge < -0.3 is 5.32 Å². The molecule has 104 valence electrons. The minimum atomic E-state index is -0.108. The van der Waals surface area contributed by atoms with Crippen molar-refractivity contribution in [3.8, 4) is 0 Å². The van der Waals surface area contributed by atoms with Gasteiger partial charge in [0, 0.05) is 11.9 Å². The number of nitrogens with zero attached hydrogens (tertiary/aromatic N) is 2. The number of amides is 1. The number of aromatic nitrogens is 2. The third-order valence-electron chi connectivity index (χ3n) is 3.27.